The summed E-state index contributed by atoms with van der Waals surface area (Å²) in [5, 5.41) is 11.4. The SMILES string of the molecule is CC(CC(=O)Nc1cccc(C(=O)O)n1)C(C)(C)C. The third-order valence-electron chi connectivity index (χ3n) is 3.21. The third kappa shape index (κ3) is 4.69. The molecule has 1 aromatic heterocycles. The summed E-state index contributed by atoms with van der Waals surface area (Å²) in [5.74, 6) is -0.780. The van der Waals surface area contributed by atoms with E-state index in [1.165, 1.54) is 6.07 Å². The van der Waals surface area contributed by atoms with Gasteiger partial charge in [-0.05, 0) is 23.5 Å². The van der Waals surface area contributed by atoms with Crippen LogP contribution in [0.5, 0.6) is 0 Å². The van der Waals surface area contributed by atoms with Crippen LogP contribution in [0.2, 0.25) is 0 Å². The molecule has 1 amide bonds. The van der Waals surface area contributed by atoms with E-state index in [-0.39, 0.29) is 28.8 Å². The summed E-state index contributed by atoms with van der Waals surface area (Å²) in [6.45, 7) is 8.25. The molecule has 0 fully saturated rings. The highest BCUT2D eigenvalue weighted by molar-refractivity contribution is 5.91. The normalized spacial score (nSPS) is 12.8. The lowest BCUT2D eigenvalue weighted by molar-refractivity contribution is -0.117. The molecule has 19 heavy (non-hydrogen) atoms. The Kier molecular flexibility index (Phi) is 4.64. The number of carbonyl (C=O) groups excluding carboxylic acids is 1. The lowest BCUT2D eigenvalue weighted by Gasteiger charge is -2.26. The van der Waals surface area contributed by atoms with Crippen molar-refractivity contribution in [2.24, 2.45) is 11.3 Å². The number of carboxylic acid groups (broad SMARTS) is 1. The highest BCUT2D eigenvalue weighted by atomic mass is 16.4. The fourth-order valence-corrected chi connectivity index (χ4v) is 1.40. The van der Waals surface area contributed by atoms with Crippen LogP contribution in [0.25, 0.3) is 0 Å². The summed E-state index contributed by atoms with van der Waals surface area (Å²) in [5.41, 5.74) is -0.0325. The fraction of sp³-hybridized carbons (Fsp3) is 0.500. The molecule has 5 heteroatoms. The number of carboxylic acids is 1. The van der Waals surface area contributed by atoms with E-state index < -0.39 is 5.97 Å². The van der Waals surface area contributed by atoms with Crippen LogP contribution in [0.15, 0.2) is 18.2 Å². The standard InChI is InChI=1S/C14H20N2O3/c1-9(14(2,3)4)8-12(17)16-11-7-5-6-10(15-11)13(18)19/h5-7,9H,8H2,1-4H3,(H,18,19)(H,15,16,17). The van der Waals surface area contributed by atoms with Gasteiger partial charge in [0.15, 0.2) is 5.69 Å². The van der Waals surface area contributed by atoms with Gasteiger partial charge in [-0.15, -0.1) is 0 Å². The molecule has 0 aliphatic heterocycles. The van der Waals surface area contributed by atoms with Gasteiger partial charge in [-0.2, -0.15) is 0 Å². The Labute approximate surface area is 113 Å². The third-order valence-corrected chi connectivity index (χ3v) is 3.21. The van der Waals surface area contributed by atoms with Gasteiger partial charge in [-0.3, -0.25) is 4.79 Å². The van der Waals surface area contributed by atoms with E-state index in [9.17, 15) is 9.59 Å². The van der Waals surface area contributed by atoms with Gasteiger partial charge in [-0.25, -0.2) is 9.78 Å². The zero-order valence-electron chi connectivity index (χ0n) is 11.7. The Morgan fingerprint density at radius 3 is 2.53 bits per heavy atom. The highest BCUT2D eigenvalue weighted by Gasteiger charge is 2.22. The Morgan fingerprint density at radius 1 is 1.37 bits per heavy atom. The quantitative estimate of drug-likeness (QED) is 0.876. The van der Waals surface area contributed by atoms with Crippen molar-refractivity contribution in [3.8, 4) is 0 Å². The molecular formula is C14H20N2O3. The Bertz CT molecular complexity index is 478. The van der Waals surface area contributed by atoms with Gasteiger partial charge in [0.1, 0.15) is 5.82 Å². The summed E-state index contributed by atoms with van der Waals surface area (Å²) >= 11 is 0. The van der Waals surface area contributed by atoms with Gasteiger partial charge in [0.05, 0.1) is 0 Å². The van der Waals surface area contributed by atoms with E-state index in [0.717, 1.165) is 0 Å². The molecule has 0 saturated carbocycles. The van der Waals surface area contributed by atoms with Crippen molar-refractivity contribution in [2.75, 3.05) is 5.32 Å². The molecule has 0 saturated heterocycles. The molecule has 0 bridgehead atoms. The van der Waals surface area contributed by atoms with Gasteiger partial charge < -0.3 is 10.4 Å². The van der Waals surface area contributed by atoms with Gasteiger partial charge in [-0.1, -0.05) is 33.8 Å². The maximum absolute atomic E-state index is 11.9. The molecule has 104 valence electrons. The zero-order valence-corrected chi connectivity index (χ0v) is 11.7. The minimum absolute atomic E-state index is 0.0493. The van der Waals surface area contributed by atoms with Crippen LogP contribution in [0.3, 0.4) is 0 Å². The van der Waals surface area contributed by atoms with Gasteiger partial charge >= 0.3 is 5.97 Å². The van der Waals surface area contributed by atoms with Crippen LogP contribution < -0.4 is 5.32 Å². The molecular weight excluding hydrogens is 244 g/mol. The predicted molar refractivity (Wildman–Crippen MR) is 73.1 cm³/mol. The fourth-order valence-electron chi connectivity index (χ4n) is 1.40. The number of nitrogens with one attached hydrogen (secondary N) is 1. The van der Waals surface area contributed by atoms with E-state index in [4.69, 9.17) is 5.11 Å². The van der Waals surface area contributed by atoms with Gasteiger partial charge in [0.2, 0.25) is 5.91 Å². The van der Waals surface area contributed by atoms with Crippen LogP contribution in [-0.4, -0.2) is 22.0 Å². The number of aromatic nitrogens is 1. The predicted octanol–water partition coefficient (Wildman–Crippen LogP) is 2.79. The molecule has 1 atom stereocenters. The number of carbonyl (C=O) groups is 2. The number of rotatable bonds is 4. The Hall–Kier alpha value is -1.91. The monoisotopic (exact) mass is 264 g/mol. The molecule has 5 nitrogen and oxygen atoms in total. The number of hydrogen-bond acceptors (Lipinski definition) is 3. The number of nitrogens with zero attached hydrogens (tertiary/aromatic N) is 1. The first-order valence-corrected chi connectivity index (χ1v) is 6.20. The summed E-state index contributed by atoms with van der Waals surface area (Å²) in [6.07, 6.45) is 0.377. The minimum atomic E-state index is -1.11. The second-order valence-corrected chi connectivity index (χ2v) is 5.73. The molecule has 0 aliphatic rings. The molecule has 1 unspecified atom stereocenters. The number of hydrogen-bond donors (Lipinski definition) is 2. The number of aromatic carboxylic acids is 1. The molecule has 1 aromatic rings. The average Bonchev–Trinajstić information content (AvgIpc) is 2.27. The smallest absolute Gasteiger partial charge is 0.354 e. The van der Waals surface area contributed by atoms with Crippen molar-refractivity contribution < 1.29 is 14.7 Å². The van der Waals surface area contributed by atoms with E-state index >= 15 is 0 Å². The van der Waals surface area contributed by atoms with E-state index in [0.29, 0.717) is 6.42 Å². The van der Waals surface area contributed by atoms with Crippen molar-refractivity contribution in [2.45, 2.75) is 34.1 Å². The minimum Gasteiger partial charge on any atom is -0.477 e. The summed E-state index contributed by atoms with van der Waals surface area (Å²) in [4.78, 5) is 26.5. The summed E-state index contributed by atoms with van der Waals surface area (Å²) < 4.78 is 0. The van der Waals surface area contributed by atoms with Crippen molar-refractivity contribution in [1.29, 1.82) is 0 Å². The van der Waals surface area contributed by atoms with E-state index in [1.54, 1.807) is 12.1 Å². The molecule has 0 radical (unpaired) electrons. The van der Waals surface area contributed by atoms with Crippen LogP contribution >= 0.6 is 0 Å². The van der Waals surface area contributed by atoms with Crippen molar-refractivity contribution in [3.05, 3.63) is 23.9 Å². The van der Waals surface area contributed by atoms with Crippen LogP contribution in [0, 0.1) is 11.3 Å². The Balaban J connectivity index is 2.67. The lowest BCUT2D eigenvalue weighted by Crippen LogP contribution is -2.24. The second-order valence-electron chi connectivity index (χ2n) is 5.73. The summed E-state index contributed by atoms with van der Waals surface area (Å²) in [6, 6.07) is 4.51. The van der Waals surface area contributed by atoms with Crippen LogP contribution in [0.1, 0.15) is 44.6 Å². The van der Waals surface area contributed by atoms with Crippen molar-refractivity contribution in [1.82, 2.24) is 4.98 Å². The second kappa shape index (κ2) is 5.82. The van der Waals surface area contributed by atoms with Crippen molar-refractivity contribution in [3.63, 3.8) is 0 Å². The molecule has 1 rings (SSSR count). The number of pyridine rings is 1. The first-order valence-electron chi connectivity index (χ1n) is 6.20. The molecule has 0 aromatic carbocycles. The average molecular weight is 264 g/mol. The van der Waals surface area contributed by atoms with Crippen LogP contribution in [-0.2, 0) is 4.79 Å². The van der Waals surface area contributed by atoms with Crippen molar-refractivity contribution >= 4 is 17.7 Å². The number of anilines is 1. The molecule has 1 heterocycles. The maximum Gasteiger partial charge on any atom is 0.354 e. The molecule has 2 N–H and O–H groups in total. The van der Waals surface area contributed by atoms with E-state index in [1.807, 2.05) is 6.92 Å². The molecule has 0 spiro atoms. The van der Waals surface area contributed by atoms with Gasteiger partial charge in [0, 0.05) is 6.42 Å². The first-order chi connectivity index (χ1) is 8.70. The lowest BCUT2D eigenvalue weighted by atomic mass is 9.80. The summed E-state index contributed by atoms with van der Waals surface area (Å²) in [7, 11) is 0. The van der Waals surface area contributed by atoms with Gasteiger partial charge in [0.25, 0.3) is 0 Å². The topological polar surface area (TPSA) is 79.3 Å². The number of amides is 1. The molecule has 0 aliphatic carbocycles. The largest absolute Gasteiger partial charge is 0.477 e. The van der Waals surface area contributed by atoms with E-state index in [2.05, 4.69) is 31.1 Å². The zero-order chi connectivity index (χ0) is 14.6. The highest BCUT2D eigenvalue weighted by Crippen LogP contribution is 2.28. The Morgan fingerprint density at radius 2 is 2.00 bits per heavy atom. The maximum atomic E-state index is 11.9. The first kappa shape index (κ1) is 15.1. The van der Waals surface area contributed by atoms with Crippen LogP contribution in [0.4, 0.5) is 5.82 Å².